The van der Waals surface area contributed by atoms with Gasteiger partial charge >= 0.3 is 5.97 Å². The van der Waals surface area contributed by atoms with E-state index in [0.717, 1.165) is 12.2 Å². The van der Waals surface area contributed by atoms with Crippen LogP contribution in [0.3, 0.4) is 0 Å². The lowest BCUT2D eigenvalue weighted by Crippen LogP contribution is -2.37. The van der Waals surface area contributed by atoms with Crippen molar-refractivity contribution < 1.29 is 14.7 Å². The second-order valence-corrected chi connectivity index (χ2v) is 7.24. The summed E-state index contributed by atoms with van der Waals surface area (Å²) >= 11 is 0. The van der Waals surface area contributed by atoms with E-state index in [0.29, 0.717) is 23.5 Å². The van der Waals surface area contributed by atoms with Gasteiger partial charge in [0.1, 0.15) is 5.82 Å². The molecule has 1 saturated carbocycles. The Labute approximate surface area is 152 Å². The van der Waals surface area contributed by atoms with Crippen LogP contribution in [0.2, 0.25) is 0 Å². The van der Waals surface area contributed by atoms with Gasteiger partial charge in [-0.25, -0.2) is 0 Å². The van der Waals surface area contributed by atoms with Crippen LogP contribution in [0.1, 0.15) is 67.5 Å². The van der Waals surface area contributed by atoms with Crippen LogP contribution >= 0.6 is 0 Å². The fraction of sp³-hybridized carbons (Fsp3) is 0.579. The molecule has 0 spiro atoms. The number of pyridine rings is 1. The Bertz CT molecular complexity index is 780. The molecule has 0 saturated heterocycles. The number of hydrogen-bond donors (Lipinski definition) is 2. The SMILES string of the molecule is Cc1nnc2ccc(C(=O)NC(CCC(=O)O)CC3CCCCC3)cn12. The molecule has 1 amide bonds. The van der Waals surface area contributed by atoms with Gasteiger partial charge in [-0.05, 0) is 37.8 Å². The molecular formula is C19H26N4O3. The number of carboxylic acid groups (broad SMARTS) is 1. The van der Waals surface area contributed by atoms with E-state index in [4.69, 9.17) is 5.11 Å². The fourth-order valence-corrected chi connectivity index (χ4v) is 3.78. The number of aryl methyl sites for hydroxylation is 1. The number of nitrogens with zero attached hydrogens (tertiary/aromatic N) is 3. The molecule has 2 aromatic rings. The summed E-state index contributed by atoms with van der Waals surface area (Å²) in [5.41, 5.74) is 1.23. The second kappa shape index (κ2) is 8.29. The number of amides is 1. The van der Waals surface area contributed by atoms with Crippen molar-refractivity contribution in [1.29, 1.82) is 0 Å². The van der Waals surface area contributed by atoms with Gasteiger partial charge in [0.15, 0.2) is 5.65 Å². The Kier molecular flexibility index (Phi) is 5.85. The van der Waals surface area contributed by atoms with E-state index < -0.39 is 5.97 Å². The highest BCUT2D eigenvalue weighted by atomic mass is 16.4. The number of fused-ring (bicyclic) bond motifs is 1. The Morgan fingerprint density at radius 3 is 2.77 bits per heavy atom. The van der Waals surface area contributed by atoms with Gasteiger partial charge < -0.3 is 10.4 Å². The van der Waals surface area contributed by atoms with E-state index in [1.165, 1.54) is 32.1 Å². The van der Waals surface area contributed by atoms with E-state index in [1.807, 2.05) is 6.92 Å². The third-order valence-electron chi connectivity index (χ3n) is 5.22. The second-order valence-electron chi connectivity index (χ2n) is 7.24. The first-order valence-electron chi connectivity index (χ1n) is 9.37. The van der Waals surface area contributed by atoms with Gasteiger partial charge in [-0.15, -0.1) is 10.2 Å². The smallest absolute Gasteiger partial charge is 0.303 e. The number of nitrogens with one attached hydrogen (secondary N) is 1. The Morgan fingerprint density at radius 1 is 1.27 bits per heavy atom. The van der Waals surface area contributed by atoms with Crippen LogP contribution in [0.15, 0.2) is 18.3 Å². The zero-order chi connectivity index (χ0) is 18.5. The first kappa shape index (κ1) is 18.4. The lowest BCUT2D eigenvalue weighted by atomic mass is 9.84. The summed E-state index contributed by atoms with van der Waals surface area (Å²) in [6, 6.07) is 3.38. The van der Waals surface area contributed by atoms with Crippen molar-refractivity contribution in [3.8, 4) is 0 Å². The van der Waals surface area contributed by atoms with E-state index in [9.17, 15) is 9.59 Å². The minimum absolute atomic E-state index is 0.0707. The molecule has 1 fully saturated rings. The van der Waals surface area contributed by atoms with Gasteiger partial charge in [0.05, 0.1) is 5.56 Å². The molecule has 0 radical (unpaired) electrons. The minimum atomic E-state index is -0.825. The largest absolute Gasteiger partial charge is 0.481 e. The zero-order valence-electron chi connectivity index (χ0n) is 15.1. The molecule has 7 heteroatoms. The van der Waals surface area contributed by atoms with Crippen molar-refractivity contribution in [2.24, 2.45) is 5.92 Å². The van der Waals surface area contributed by atoms with Crippen molar-refractivity contribution in [1.82, 2.24) is 19.9 Å². The van der Waals surface area contributed by atoms with Crippen molar-refractivity contribution in [2.45, 2.75) is 64.3 Å². The molecule has 1 atom stereocenters. The van der Waals surface area contributed by atoms with Crippen LogP contribution < -0.4 is 5.32 Å². The van der Waals surface area contributed by atoms with Gasteiger partial charge in [0, 0.05) is 18.7 Å². The van der Waals surface area contributed by atoms with Crippen LogP contribution in [0.25, 0.3) is 5.65 Å². The summed E-state index contributed by atoms with van der Waals surface area (Å²) in [5, 5.41) is 20.1. The summed E-state index contributed by atoms with van der Waals surface area (Å²) in [6.07, 6.45) is 9.20. The van der Waals surface area contributed by atoms with Crippen molar-refractivity contribution in [3.63, 3.8) is 0 Å². The molecule has 1 unspecified atom stereocenters. The standard InChI is InChI=1S/C19H26N4O3/c1-13-21-22-17-9-7-15(12-23(13)17)19(26)20-16(8-10-18(24)25)11-14-5-3-2-4-6-14/h7,9,12,14,16H,2-6,8,10-11H2,1H3,(H,20,26)(H,24,25). The summed E-state index contributed by atoms with van der Waals surface area (Å²) in [6.45, 7) is 1.83. The van der Waals surface area contributed by atoms with Crippen LogP contribution in [0.4, 0.5) is 0 Å². The van der Waals surface area contributed by atoms with Crippen molar-refractivity contribution in [2.75, 3.05) is 0 Å². The minimum Gasteiger partial charge on any atom is -0.481 e. The molecule has 0 bridgehead atoms. The molecule has 26 heavy (non-hydrogen) atoms. The first-order chi connectivity index (χ1) is 12.5. The molecule has 0 aliphatic heterocycles. The molecular weight excluding hydrogens is 332 g/mol. The maximum Gasteiger partial charge on any atom is 0.303 e. The Morgan fingerprint density at radius 2 is 2.04 bits per heavy atom. The molecule has 7 nitrogen and oxygen atoms in total. The molecule has 1 aliphatic carbocycles. The molecule has 2 N–H and O–H groups in total. The molecule has 2 heterocycles. The normalized spacial score (nSPS) is 16.5. The third kappa shape index (κ3) is 4.59. The predicted molar refractivity (Wildman–Crippen MR) is 97.0 cm³/mol. The van der Waals surface area contributed by atoms with Crippen molar-refractivity contribution in [3.05, 3.63) is 29.7 Å². The first-order valence-corrected chi connectivity index (χ1v) is 9.37. The quantitative estimate of drug-likeness (QED) is 0.793. The van der Waals surface area contributed by atoms with Gasteiger partial charge in [-0.1, -0.05) is 32.1 Å². The molecule has 140 valence electrons. The highest BCUT2D eigenvalue weighted by Gasteiger charge is 2.22. The lowest BCUT2D eigenvalue weighted by Gasteiger charge is -2.27. The van der Waals surface area contributed by atoms with Crippen LogP contribution in [0.5, 0.6) is 0 Å². The maximum absolute atomic E-state index is 12.7. The van der Waals surface area contributed by atoms with E-state index in [1.54, 1.807) is 22.7 Å². The number of carbonyl (C=O) groups is 2. The van der Waals surface area contributed by atoms with E-state index in [2.05, 4.69) is 15.5 Å². The Balaban J connectivity index is 1.69. The number of aliphatic carboxylic acids is 1. The topological polar surface area (TPSA) is 96.6 Å². The van der Waals surface area contributed by atoms with Gasteiger partial charge in [0.2, 0.25) is 0 Å². The van der Waals surface area contributed by atoms with E-state index in [-0.39, 0.29) is 18.4 Å². The van der Waals surface area contributed by atoms with Crippen molar-refractivity contribution >= 4 is 17.5 Å². The van der Waals surface area contributed by atoms with Crippen LogP contribution in [0, 0.1) is 12.8 Å². The molecule has 0 aromatic carbocycles. The average molecular weight is 358 g/mol. The number of rotatable bonds is 7. The summed E-state index contributed by atoms with van der Waals surface area (Å²) in [4.78, 5) is 23.7. The molecule has 2 aromatic heterocycles. The summed E-state index contributed by atoms with van der Waals surface area (Å²) in [7, 11) is 0. The van der Waals surface area contributed by atoms with Crippen LogP contribution in [-0.2, 0) is 4.79 Å². The summed E-state index contributed by atoms with van der Waals surface area (Å²) < 4.78 is 1.78. The summed E-state index contributed by atoms with van der Waals surface area (Å²) in [5.74, 6) is 0.297. The lowest BCUT2D eigenvalue weighted by molar-refractivity contribution is -0.137. The maximum atomic E-state index is 12.7. The third-order valence-corrected chi connectivity index (χ3v) is 5.22. The number of carboxylic acids is 1. The average Bonchev–Trinajstić information content (AvgIpc) is 3.01. The van der Waals surface area contributed by atoms with Gasteiger partial charge in [0.25, 0.3) is 5.91 Å². The van der Waals surface area contributed by atoms with Gasteiger partial charge in [-0.3, -0.25) is 14.0 Å². The van der Waals surface area contributed by atoms with E-state index >= 15 is 0 Å². The number of hydrogen-bond acceptors (Lipinski definition) is 4. The number of carbonyl (C=O) groups excluding carboxylic acids is 1. The highest BCUT2D eigenvalue weighted by Crippen LogP contribution is 2.28. The van der Waals surface area contributed by atoms with Gasteiger partial charge in [-0.2, -0.15) is 0 Å². The highest BCUT2D eigenvalue weighted by molar-refractivity contribution is 5.94. The molecule has 3 rings (SSSR count). The predicted octanol–water partition coefficient (Wildman–Crippen LogP) is 2.97. The Hall–Kier alpha value is -2.44. The monoisotopic (exact) mass is 358 g/mol. The molecule has 1 aliphatic rings. The van der Waals surface area contributed by atoms with Crippen LogP contribution in [-0.4, -0.2) is 37.6 Å². The number of aromatic nitrogens is 3. The fourth-order valence-electron chi connectivity index (χ4n) is 3.78. The zero-order valence-corrected chi connectivity index (χ0v) is 15.1.